The monoisotopic (exact) mass is 500 g/mol. The Labute approximate surface area is 210 Å². The fourth-order valence-corrected chi connectivity index (χ4v) is 3.33. The Bertz CT molecular complexity index is 1150. The topological polar surface area (TPSA) is 105 Å². The van der Waals surface area contributed by atoms with Crippen LogP contribution in [0.1, 0.15) is 33.2 Å². The molecule has 3 rings (SSSR count). The number of rotatable bonds is 7. The van der Waals surface area contributed by atoms with Gasteiger partial charge in [0.05, 0.1) is 13.5 Å². The molecular weight excluding hydrogens is 472 g/mol. The summed E-state index contributed by atoms with van der Waals surface area (Å²) in [6.45, 7) is 2.24. The van der Waals surface area contributed by atoms with Gasteiger partial charge >= 0.3 is 0 Å². The van der Waals surface area contributed by atoms with Gasteiger partial charge in [-0.05, 0) is 48.2 Å². The Kier molecular flexibility index (Phi) is 10.4. The van der Waals surface area contributed by atoms with Crippen molar-refractivity contribution < 1.29 is 19.1 Å². The van der Waals surface area contributed by atoms with Crippen LogP contribution in [0.3, 0.4) is 0 Å². The summed E-state index contributed by atoms with van der Waals surface area (Å²) in [6, 6.07) is 15.8. The number of hydrogen-bond acceptors (Lipinski definition) is 8. The number of thiol groups is 2. The fourth-order valence-electron chi connectivity index (χ4n) is 3.22. The van der Waals surface area contributed by atoms with Crippen LogP contribution in [0, 0.1) is 0 Å². The lowest BCUT2D eigenvalue weighted by atomic mass is 9.98. The summed E-state index contributed by atoms with van der Waals surface area (Å²) in [5.74, 6) is 5.03. The number of ether oxygens (including phenoxy) is 1. The molecule has 0 spiro atoms. The first-order chi connectivity index (χ1) is 16.2. The van der Waals surface area contributed by atoms with E-state index in [4.69, 9.17) is 10.6 Å². The SMILES string of the molecule is CCN(S)C(=O)c1cccc2cc(NC(=O)Cc3ccc(OC)cc3)cc(C=O)c12.CN(N)S. The number of fused-ring (bicyclic) bond motifs is 1. The molecule has 8 nitrogen and oxygen atoms in total. The minimum atomic E-state index is -0.286. The Morgan fingerprint density at radius 3 is 2.32 bits per heavy atom. The van der Waals surface area contributed by atoms with Crippen molar-refractivity contribution in [3.63, 3.8) is 0 Å². The van der Waals surface area contributed by atoms with Gasteiger partial charge in [-0.15, -0.1) is 0 Å². The van der Waals surface area contributed by atoms with Crippen LogP contribution in [0.5, 0.6) is 5.75 Å². The number of hydrazine groups is 1. The first kappa shape index (κ1) is 27.2. The summed E-state index contributed by atoms with van der Waals surface area (Å²) in [5.41, 5.74) is 2.05. The summed E-state index contributed by atoms with van der Waals surface area (Å²) in [7, 11) is 3.23. The summed E-state index contributed by atoms with van der Waals surface area (Å²) in [4.78, 5) is 36.9. The summed E-state index contributed by atoms with van der Waals surface area (Å²) in [5, 5.41) is 4.05. The van der Waals surface area contributed by atoms with E-state index in [1.54, 1.807) is 56.6 Å². The molecule has 0 aliphatic heterocycles. The van der Waals surface area contributed by atoms with Gasteiger partial charge in [0.25, 0.3) is 5.91 Å². The molecule has 0 heterocycles. The fraction of sp³-hybridized carbons (Fsp3) is 0.208. The van der Waals surface area contributed by atoms with Crippen molar-refractivity contribution >= 4 is 60.2 Å². The van der Waals surface area contributed by atoms with E-state index in [1.807, 2.05) is 19.1 Å². The van der Waals surface area contributed by atoms with E-state index in [1.165, 1.54) is 8.72 Å². The molecule has 0 bridgehead atoms. The number of benzene rings is 3. The van der Waals surface area contributed by atoms with Gasteiger partial charge in [-0.1, -0.05) is 49.9 Å². The molecule has 3 N–H and O–H groups in total. The normalized spacial score (nSPS) is 10.3. The average molecular weight is 501 g/mol. The molecule has 3 aromatic rings. The van der Waals surface area contributed by atoms with E-state index in [2.05, 4.69) is 30.9 Å². The first-order valence-electron chi connectivity index (χ1n) is 10.3. The third kappa shape index (κ3) is 7.49. The van der Waals surface area contributed by atoms with Crippen molar-refractivity contribution in [3.8, 4) is 5.75 Å². The molecule has 0 aromatic heterocycles. The summed E-state index contributed by atoms with van der Waals surface area (Å²) < 4.78 is 7.60. The maximum Gasteiger partial charge on any atom is 0.264 e. The van der Waals surface area contributed by atoms with E-state index in [-0.39, 0.29) is 18.2 Å². The molecule has 0 aliphatic carbocycles. The average Bonchev–Trinajstić information content (AvgIpc) is 2.82. The molecule has 3 aromatic carbocycles. The lowest BCUT2D eigenvalue weighted by Crippen LogP contribution is -2.21. The number of nitrogens with two attached hydrogens (primary N) is 1. The second-order valence-electron chi connectivity index (χ2n) is 7.25. The molecular formula is C24H28N4O4S2. The minimum Gasteiger partial charge on any atom is -0.497 e. The van der Waals surface area contributed by atoms with Gasteiger partial charge in [-0.3, -0.25) is 24.5 Å². The zero-order valence-electron chi connectivity index (χ0n) is 19.2. The van der Waals surface area contributed by atoms with E-state index in [0.29, 0.717) is 40.4 Å². The zero-order valence-corrected chi connectivity index (χ0v) is 21.0. The van der Waals surface area contributed by atoms with Crippen molar-refractivity contribution in [1.29, 1.82) is 0 Å². The minimum absolute atomic E-state index is 0.183. The van der Waals surface area contributed by atoms with Crippen molar-refractivity contribution in [1.82, 2.24) is 8.72 Å². The predicted octanol–water partition coefficient (Wildman–Crippen LogP) is 3.79. The number of methoxy groups -OCH3 is 1. The van der Waals surface area contributed by atoms with E-state index < -0.39 is 0 Å². The zero-order chi connectivity index (χ0) is 25.3. The number of carbonyl (C=O) groups is 3. The Morgan fingerprint density at radius 2 is 1.76 bits per heavy atom. The smallest absolute Gasteiger partial charge is 0.264 e. The highest BCUT2D eigenvalue weighted by Crippen LogP contribution is 2.28. The van der Waals surface area contributed by atoms with Crippen LogP contribution in [0.4, 0.5) is 5.69 Å². The number of amides is 2. The molecule has 0 aliphatic rings. The van der Waals surface area contributed by atoms with Crippen LogP contribution in [-0.2, 0) is 11.2 Å². The van der Waals surface area contributed by atoms with Crippen LogP contribution in [0.25, 0.3) is 10.8 Å². The van der Waals surface area contributed by atoms with Crippen LogP contribution in [0.2, 0.25) is 0 Å². The number of carbonyl (C=O) groups excluding carboxylic acids is 3. The summed E-state index contributed by atoms with van der Waals surface area (Å²) in [6.07, 6.45) is 0.870. The van der Waals surface area contributed by atoms with Gasteiger partial charge in [0.15, 0.2) is 6.29 Å². The Balaban J connectivity index is 0.000000945. The third-order valence-corrected chi connectivity index (χ3v) is 5.17. The molecule has 34 heavy (non-hydrogen) atoms. The van der Waals surface area contributed by atoms with Crippen molar-refractivity contribution in [2.45, 2.75) is 13.3 Å². The van der Waals surface area contributed by atoms with Gasteiger partial charge in [-0.2, -0.15) is 4.41 Å². The summed E-state index contributed by atoms with van der Waals surface area (Å²) >= 11 is 7.76. The predicted molar refractivity (Wildman–Crippen MR) is 141 cm³/mol. The standard InChI is InChI=1S/C23H22N2O4S.CH6N2S/c1-3-25(30)23(28)20-6-4-5-16-12-18(13-17(14-26)22(16)20)24-21(27)11-15-7-9-19(29-2)10-8-15;1-3(2)4/h4-10,12-14,30H,3,11H2,1-2H3,(H,24,27);4H,2H2,1H3. The maximum absolute atomic E-state index is 12.6. The highest BCUT2D eigenvalue weighted by Gasteiger charge is 2.17. The van der Waals surface area contributed by atoms with Crippen LogP contribution in [-0.4, -0.2) is 47.5 Å². The second kappa shape index (κ2) is 13.0. The lowest BCUT2D eigenvalue weighted by Gasteiger charge is -2.16. The quantitative estimate of drug-likeness (QED) is 0.170. The van der Waals surface area contributed by atoms with Crippen LogP contribution in [0.15, 0.2) is 54.6 Å². The van der Waals surface area contributed by atoms with E-state index in [9.17, 15) is 14.4 Å². The third-order valence-electron chi connectivity index (χ3n) is 4.71. The molecule has 180 valence electrons. The second-order valence-corrected chi connectivity index (χ2v) is 8.37. The van der Waals surface area contributed by atoms with Gasteiger partial charge in [0.2, 0.25) is 5.91 Å². The maximum atomic E-state index is 12.6. The van der Waals surface area contributed by atoms with Gasteiger partial charge < -0.3 is 10.1 Å². The lowest BCUT2D eigenvalue weighted by molar-refractivity contribution is -0.115. The highest BCUT2D eigenvalue weighted by atomic mass is 32.1. The molecule has 0 unspecified atom stereocenters. The van der Waals surface area contributed by atoms with E-state index in [0.717, 1.165) is 11.3 Å². The van der Waals surface area contributed by atoms with Crippen LogP contribution < -0.4 is 15.9 Å². The van der Waals surface area contributed by atoms with Crippen molar-refractivity contribution in [2.75, 3.05) is 26.0 Å². The molecule has 10 heteroatoms. The highest BCUT2D eigenvalue weighted by molar-refractivity contribution is 7.78. The molecule has 0 atom stereocenters. The largest absolute Gasteiger partial charge is 0.497 e. The van der Waals surface area contributed by atoms with Crippen molar-refractivity contribution in [3.05, 3.63) is 71.3 Å². The number of anilines is 1. The number of aldehydes is 1. The number of nitrogens with zero attached hydrogens (tertiary/aromatic N) is 2. The Hall–Kier alpha value is -3.05. The molecule has 2 amide bonds. The Morgan fingerprint density at radius 1 is 1.12 bits per heavy atom. The number of hydrogen-bond donors (Lipinski definition) is 4. The van der Waals surface area contributed by atoms with E-state index >= 15 is 0 Å². The number of nitrogens with one attached hydrogen (secondary N) is 1. The van der Waals surface area contributed by atoms with Gasteiger partial charge in [0.1, 0.15) is 5.75 Å². The van der Waals surface area contributed by atoms with Gasteiger partial charge in [-0.25, -0.2) is 0 Å². The molecule has 0 fully saturated rings. The molecule has 0 saturated carbocycles. The van der Waals surface area contributed by atoms with Crippen LogP contribution >= 0.6 is 25.6 Å². The van der Waals surface area contributed by atoms with Gasteiger partial charge in [0, 0.05) is 35.8 Å². The molecule has 0 saturated heterocycles. The first-order valence-corrected chi connectivity index (χ1v) is 11.1. The van der Waals surface area contributed by atoms with Crippen molar-refractivity contribution in [2.24, 2.45) is 5.84 Å². The molecule has 0 radical (unpaired) electrons.